The lowest BCUT2D eigenvalue weighted by Gasteiger charge is -2.05. The maximum absolute atomic E-state index is 12.6. The molecule has 126 valence electrons. The van der Waals surface area contributed by atoms with Gasteiger partial charge in [-0.15, -0.1) is 16.4 Å². The van der Waals surface area contributed by atoms with E-state index in [9.17, 15) is 4.79 Å². The Bertz CT molecular complexity index is 1130. The average molecular weight is 352 g/mol. The molecule has 3 aromatic rings. The summed E-state index contributed by atoms with van der Waals surface area (Å²) in [5.74, 6) is -0.209. The second kappa shape index (κ2) is 5.89. The largest absolute Gasteiger partial charge is 0.397 e. The number of fused-ring (bicyclic) bond motifs is 2. The fourth-order valence-corrected chi connectivity index (χ4v) is 3.82. The van der Waals surface area contributed by atoms with Crippen LogP contribution < -0.4 is 21.8 Å². The smallest absolute Gasteiger partial charge is 0.263 e. The van der Waals surface area contributed by atoms with E-state index in [4.69, 9.17) is 5.73 Å². The van der Waals surface area contributed by atoms with Crippen molar-refractivity contribution in [3.8, 4) is 0 Å². The van der Waals surface area contributed by atoms with Crippen LogP contribution in [0.2, 0.25) is 0 Å². The predicted molar refractivity (Wildman–Crippen MR) is 96.1 cm³/mol. The molecular formula is C17H16N6OS. The maximum atomic E-state index is 12.6. The van der Waals surface area contributed by atoms with Crippen LogP contribution in [0.25, 0.3) is 10.2 Å². The van der Waals surface area contributed by atoms with Crippen molar-refractivity contribution in [2.45, 2.75) is 20.4 Å². The number of nitrogens with two attached hydrogens (primary N) is 1. The van der Waals surface area contributed by atoms with Gasteiger partial charge in [-0.2, -0.15) is 5.10 Å². The number of nitrogens with zero attached hydrogens (tertiary/aromatic N) is 4. The minimum atomic E-state index is -0.209. The lowest BCUT2D eigenvalue weighted by atomic mass is 10.1. The first-order valence-electron chi connectivity index (χ1n) is 7.82. The number of hydrogen-bond acceptors (Lipinski definition) is 7. The number of anilines is 1. The quantitative estimate of drug-likeness (QED) is 0.734. The number of nitrogen functional groups attached to an aromatic ring is 1. The minimum absolute atomic E-state index is 0.209. The van der Waals surface area contributed by atoms with Gasteiger partial charge in [-0.25, -0.2) is 0 Å². The highest BCUT2D eigenvalue weighted by Gasteiger charge is 2.19. The van der Waals surface area contributed by atoms with Crippen LogP contribution in [0.1, 0.15) is 26.5 Å². The molecule has 1 amide bonds. The van der Waals surface area contributed by atoms with E-state index in [1.54, 1.807) is 0 Å². The van der Waals surface area contributed by atoms with Gasteiger partial charge in [0.05, 0.1) is 22.1 Å². The molecule has 25 heavy (non-hydrogen) atoms. The number of aryl methyl sites for hydroxylation is 2. The zero-order valence-electron chi connectivity index (χ0n) is 13.8. The van der Waals surface area contributed by atoms with E-state index in [1.807, 2.05) is 32.0 Å². The zero-order chi connectivity index (χ0) is 17.6. The van der Waals surface area contributed by atoms with Crippen molar-refractivity contribution in [1.29, 1.82) is 0 Å². The van der Waals surface area contributed by atoms with Gasteiger partial charge < -0.3 is 11.1 Å². The van der Waals surface area contributed by atoms with Crippen LogP contribution in [0.5, 0.6) is 0 Å². The molecule has 0 unspecified atom stereocenters. The minimum Gasteiger partial charge on any atom is -0.397 e. The van der Waals surface area contributed by atoms with Crippen molar-refractivity contribution in [2.75, 3.05) is 12.4 Å². The molecule has 0 saturated carbocycles. The van der Waals surface area contributed by atoms with E-state index in [-0.39, 0.29) is 5.91 Å². The maximum Gasteiger partial charge on any atom is 0.263 e. The lowest BCUT2D eigenvalue weighted by molar-refractivity contribution is 0.0956. The van der Waals surface area contributed by atoms with Crippen LogP contribution in [0.15, 0.2) is 28.2 Å². The Balaban J connectivity index is 1.60. The summed E-state index contributed by atoms with van der Waals surface area (Å²) in [6.07, 6.45) is 0. The number of thiophene rings is 1. The highest BCUT2D eigenvalue weighted by Crippen LogP contribution is 2.34. The number of rotatable bonds is 3. The van der Waals surface area contributed by atoms with Gasteiger partial charge in [-0.05, 0) is 37.1 Å². The summed E-state index contributed by atoms with van der Waals surface area (Å²) in [6, 6.07) is 5.80. The first-order chi connectivity index (χ1) is 12.0. The Kier molecular flexibility index (Phi) is 3.69. The van der Waals surface area contributed by atoms with Gasteiger partial charge >= 0.3 is 0 Å². The highest BCUT2D eigenvalue weighted by atomic mass is 32.1. The summed E-state index contributed by atoms with van der Waals surface area (Å²) in [5.41, 5.74) is 9.42. The third kappa shape index (κ3) is 2.64. The van der Waals surface area contributed by atoms with Gasteiger partial charge in [0, 0.05) is 11.9 Å². The highest BCUT2D eigenvalue weighted by molar-refractivity contribution is 7.21. The molecule has 0 aliphatic carbocycles. The number of amides is 1. The summed E-state index contributed by atoms with van der Waals surface area (Å²) in [4.78, 5) is 22.3. The summed E-state index contributed by atoms with van der Waals surface area (Å²) >= 11 is 1.27. The molecule has 2 aromatic heterocycles. The second-order valence-corrected chi connectivity index (χ2v) is 6.90. The van der Waals surface area contributed by atoms with E-state index in [0.29, 0.717) is 28.6 Å². The van der Waals surface area contributed by atoms with Gasteiger partial charge in [0.2, 0.25) is 0 Å². The van der Waals surface area contributed by atoms with Crippen molar-refractivity contribution in [1.82, 2.24) is 15.5 Å². The van der Waals surface area contributed by atoms with Crippen LogP contribution in [0, 0.1) is 13.8 Å². The second-order valence-electron chi connectivity index (χ2n) is 5.90. The third-order valence-corrected chi connectivity index (χ3v) is 5.40. The van der Waals surface area contributed by atoms with E-state index in [0.717, 1.165) is 32.9 Å². The molecular weight excluding hydrogens is 336 g/mol. The number of carbonyl (C=O) groups excluding carboxylic acids is 1. The van der Waals surface area contributed by atoms with Crippen LogP contribution in [0.3, 0.4) is 0 Å². The van der Waals surface area contributed by atoms with Crippen molar-refractivity contribution < 1.29 is 4.79 Å². The number of benzene rings is 1. The molecule has 1 aromatic carbocycles. The Hall–Kier alpha value is -2.87. The van der Waals surface area contributed by atoms with Gasteiger partial charge in [-0.3, -0.25) is 14.8 Å². The monoisotopic (exact) mass is 352 g/mol. The molecule has 8 heteroatoms. The SMILES string of the molecule is Cc1nnc2sc(C(=O)NCc3ccc4c(c3)=NCN=4)c(N)c2c1C. The molecule has 3 heterocycles. The number of carbonyl (C=O) groups is 1. The molecule has 0 spiro atoms. The molecule has 1 aliphatic rings. The lowest BCUT2D eigenvalue weighted by Crippen LogP contribution is -2.26. The molecule has 1 aliphatic heterocycles. The Labute approximate surface area is 147 Å². The zero-order valence-corrected chi connectivity index (χ0v) is 14.6. The fourth-order valence-electron chi connectivity index (χ4n) is 2.80. The van der Waals surface area contributed by atoms with Crippen LogP contribution in [-0.2, 0) is 6.54 Å². The van der Waals surface area contributed by atoms with Gasteiger partial charge in [0.15, 0.2) is 0 Å². The molecule has 3 N–H and O–H groups in total. The first kappa shape index (κ1) is 15.6. The van der Waals surface area contributed by atoms with E-state index >= 15 is 0 Å². The average Bonchev–Trinajstić information content (AvgIpc) is 3.20. The van der Waals surface area contributed by atoms with E-state index < -0.39 is 0 Å². The fraction of sp³-hybridized carbons (Fsp3) is 0.235. The summed E-state index contributed by atoms with van der Waals surface area (Å²) in [5, 5.41) is 13.7. The van der Waals surface area contributed by atoms with E-state index in [1.165, 1.54) is 11.3 Å². The Morgan fingerprint density at radius 3 is 2.88 bits per heavy atom. The molecule has 0 radical (unpaired) electrons. The van der Waals surface area contributed by atoms with Crippen molar-refractivity contribution in [3.05, 3.63) is 50.6 Å². The van der Waals surface area contributed by atoms with Crippen molar-refractivity contribution in [3.63, 3.8) is 0 Å². The molecule has 7 nitrogen and oxygen atoms in total. The Morgan fingerprint density at radius 1 is 1.24 bits per heavy atom. The predicted octanol–water partition coefficient (Wildman–Crippen LogP) is 1.03. The van der Waals surface area contributed by atoms with Crippen LogP contribution in [-0.4, -0.2) is 22.8 Å². The third-order valence-electron chi connectivity index (χ3n) is 4.32. The number of nitrogens with one attached hydrogen (secondary N) is 1. The van der Waals surface area contributed by atoms with Gasteiger partial charge in [-0.1, -0.05) is 6.07 Å². The topological polar surface area (TPSA) is 106 Å². The molecule has 0 atom stereocenters. The molecule has 4 rings (SSSR count). The summed E-state index contributed by atoms with van der Waals surface area (Å²) in [6.45, 7) is 4.70. The van der Waals surface area contributed by atoms with Gasteiger partial charge in [0.1, 0.15) is 16.4 Å². The van der Waals surface area contributed by atoms with Crippen LogP contribution >= 0.6 is 11.3 Å². The summed E-state index contributed by atoms with van der Waals surface area (Å²) in [7, 11) is 0. The van der Waals surface area contributed by atoms with Crippen molar-refractivity contribution in [2.24, 2.45) is 9.98 Å². The first-order valence-corrected chi connectivity index (χ1v) is 8.64. The van der Waals surface area contributed by atoms with E-state index in [2.05, 4.69) is 25.5 Å². The Morgan fingerprint density at radius 2 is 2.04 bits per heavy atom. The standard InChI is InChI=1S/C17H16N6OS/c1-8-9(2)22-23-17-13(8)14(18)15(25-17)16(24)19-6-10-3-4-11-12(5-10)21-7-20-11/h3-5H,6-7,18H2,1-2H3,(H,19,24). The summed E-state index contributed by atoms with van der Waals surface area (Å²) < 4.78 is 0. The molecule has 0 fully saturated rings. The van der Waals surface area contributed by atoms with Crippen molar-refractivity contribution >= 4 is 33.1 Å². The van der Waals surface area contributed by atoms with Gasteiger partial charge in [0.25, 0.3) is 5.91 Å². The number of hydrogen-bond donors (Lipinski definition) is 2. The molecule has 0 bridgehead atoms. The van der Waals surface area contributed by atoms with Crippen LogP contribution in [0.4, 0.5) is 5.69 Å². The molecule has 0 saturated heterocycles. The normalized spacial score (nSPS) is 12.6. The number of aromatic nitrogens is 2.